The van der Waals surface area contributed by atoms with Crippen LogP contribution in [-0.4, -0.2) is 15.5 Å². The smallest absolute Gasteiger partial charge is 0.262 e. The number of halogens is 1. The maximum atomic E-state index is 13.6. The van der Waals surface area contributed by atoms with E-state index >= 15 is 0 Å². The highest BCUT2D eigenvalue weighted by molar-refractivity contribution is 7.98. The van der Waals surface area contributed by atoms with E-state index in [1.165, 1.54) is 11.8 Å². The highest BCUT2D eigenvalue weighted by Crippen LogP contribution is 2.24. The van der Waals surface area contributed by atoms with Gasteiger partial charge in [0.1, 0.15) is 0 Å². The Bertz CT molecular complexity index is 1620. The highest BCUT2D eigenvalue weighted by atomic mass is 35.5. The largest absolute Gasteiger partial charge is 0.348 e. The fourth-order valence-electron chi connectivity index (χ4n) is 4.19. The molecular formula is C31H26ClN3O2S. The molecule has 0 unspecified atom stereocenters. The maximum Gasteiger partial charge on any atom is 0.262 e. The molecule has 5 nitrogen and oxygen atoms in total. The van der Waals surface area contributed by atoms with Crippen molar-refractivity contribution in [3.63, 3.8) is 0 Å². The van der Waals surface area contributed by atoms with E-state index in [-0.39, 0.29) is 11.5 Å². The predicted octanol–water partition coefficient (Wildman–Crippen LogP) is 6.51. The Hall–Kier alpha value is -3.87. The fourth-order valence-corrected chi connectivity index (χ4v) is 5.37. The molecule has 5 rings (SSSR count). The normalized spacial score (nSPS) is 11.0. The third kappa shape index (κ3) is 6.33. The van der Waals surface area contributed by atoms with Gasteiger partial charge in [0.15, 0.2) is 5.16 Å². The quantitative estimate of drug-likeness (QED) is 0.171. The Kier molecular flexibility index (Phi) is 8.22. The molecule has 0 fully saturated rings. The van der Waals surface area contributed by atoms with E-state index in [0.717, 1.165) is 16.7 Å². The number of hydrogen-bond acceptors (Lipinski definition) is 4. The first-order valence-electron chi connectivity index (χ1n) is 12.3. The summed E-state index contributed by atoms with van der Waals surface area (Å²) in [5.74, 6) is 0.403. The summed E-state index contributed by atoms with van der Waals surface area (Å²) in [6, 6.07) is 32.6. The lowest BCUT2D eigenvalue weighted by molar-refractivity contribution is 0.0951. The minimum Gasteiger partial charge on any atom is -0.348 e. The van der Waals surface area contributed by atoms with Crippen LogP contribution in [0.4, 0.5) is 0 Å². The van der Waals surface area contributed by atoms with E-state index in [1.54, 1.807) is 22.8 Å². The topological polar surface area (TPSA) is 64.0 Å². The van der Waals surface area contributed by atoms with Gasteiger partial charge < -0.3 is 5.32 Å². The van der Waals surface area contributed by atoms with Crippen molar-refractivity contribution in [1.29, 1.82) is 0 Å². The van der Waals surface area contributed by atoms with Crippen LogP contribution in [0.25, 0.3) is 10.9 Å². The van der Waals surface area contributed by atoms with Crippen molar-refractivity contribution >= 4 is 40.2 Å². The zero-order valence-electron chi connectivity index (χ0n) is 20.6. The number of fused-ring (bicyclic) bond motifs is 1. The van der Waals surface area contributed by atoms with Crippen LogP contribution in [0.3, 0.4) is 0 Å². The van der Waals surface area contributed by atoms with E-state index in [1.807, 2.05) is 72.8 Å². The zero-order valence-corrected chi connectivity index (χ0v) is 22.2. The van der Waals surface area contributed by atoms with Crippen LogP contribution in [0.15, 0.2) is 113 Å². The molecule has 0 aliphatic rings. The molecule has 0 spiro atoms. The summed E-state index contributed by atoms with van der Waals surface area (Å²) in [5.41, 5.74) is 4.06. The average Bonchev–Trinajstić information content (AvgIpc) is 2.95. The lowest BCUT2D eigenvalue weighted by Crippen LogP contribution is -2.25. The Labute approximate surface area is 230 Å². The van der Waals surface area contributed by atoms with Gasteiger partial charge in [0.2, 0.25) is 0 Å². The molecule has 4 aromatic carbocycles. The molecule has 0 saturated carbocycles. The molecule has 7 heteroatoms. The van der Waals surface area contributed by atoms with Gasteiger partial charge in [0.05, 0.1) is 10.9 Å². The highest BCUT2D eigenvalue weighted by Gasteiger charge is 2.15. The number of aromatic nitrogens is 2. The standard InChI is InChI=1S/C31H26ClN3O2S/c32-26-13-7-12-24(18-26)21-38-31-34-28-19-25(29(36)33-20-23-10-5-2-6-11-23)14-15-27(28)30(37)35(31)17-16-22-8-3-1-4-9-22/h1-15,18-19H,16-17,20-21H2,(H,33,36). The van der Waals surface area contributed by atoms with Gasteiger partial charge in [-0.2, -0.15) is 0 Å². The monoisotopic (exact) mass is 539 g/mol. The second-order valence-electron chi connectivity index (χ2n) is 8.91. The summed E-state index contributed by atoms with van der Waals surface area (Å²) in [6.07, 6.45) is 0.707. The molecule has 0 atom stereocenters. The summed E-state index contributed by atoms with van der Waals surface area (Å²) in [4.78, 5) is 31.3. The molecule has 0 bridgehead atoms. The number of thioether (sulfide) groups is 1. The Morgan fingerprint density at radius 2 is 1.55 bits per heavy atom. The van der Waals surface area contributed by atoms with Crippen molar-refractivity contribution in [3.05, 3.63) is 141 Å². The number of hydrogen-bond donors (Lipinski definition) is 1. The van der Waals surface area contributed by atoms with Crippen LogP contribution >= 0.6 is 23.4 Å². The molecular weight excluding hydrogens is 514 g/mol. The van der Waals surface area contributed by atoms with Crippen molar-refractivity contribution in [3.8, 4) is 0 Å². The third-order valence-corrected chi connectivity index (χ3v) is 7.48. The minimum atomic E-state index is -0.209. The Balaban J connectivity index is 1.44. The molecule has 5 aromatic rings. The number of carbonyl (C=O) groups is 1. The number of carbonyl (C=O) groups excluding carboxylic acids is 1. The van der Waals surface area contributed by atoms with Gasteiger partial charge in [-0.1, -0.05) is 96.2 Å². The SMILES string of the molecule is O=C(NCc1ccccc1)c1ccc2c(=O)n(CCc3ccccc3)c(SCc3cccc(Cl)c3)nc2c1. The molecule has 0 radical (unpaired) electrons. The third-order valence-electron chi connectivity index (χ3n) is 6.20. The van der Waals surface area contributed by atoms with Crippen LogP contribution in [0.1, 0.15) is 27.0 Å². The predicted molar refractivity (Wildman–Crippen MR) is 155 cm³/mol. The van der Waals surface area contributed by atoms with Crippen LogP contribution in [-0.2, 0) is 25.3 Å². The van der Waals surface area contributed by atoms with Crippen molar-refractivity contribution in [2.24, 2.45) is 0 Å². The Morgan fingerprint density at radius 1 is 0.842 bits per heavy atom. The second kappa shape index (κ2) is 12.1. The lowest BCUT2D eigenvalue weighted by atomic mass is 10.1. The summed E-state index contributed by atoms with van der Waals surface area (Å²) < 4.78 is 1.74. The van der Waals surface area contributed by atoms with Crippen molar-refractivity contribution in [2.75, 3.05) is 0 Å². The number of aryl methyl sites for hydroxylation is 1. The van der Waals surface area contributed by atoms with E-state index < -0.39 is 0 Å². The molecule has 1 amide bonds. The van der Waals surface area contributed by atoms with Crippen molar-refractivity contribution < 1.29 is 4.79 Å². The molecule has 0 saturated heterocycles. The molecule has 0 aliphatic heterocycles. The number of nitrogens with zero attached hydrogens (tertiary/aromatic N) is 2. The first-order chi connectivity index (χ1) is 18.6. The summed E-state index contributed by atoms with van der Waals surface area (Å²) >= 11 is 7.66. The van der Waals surface area contributed by atoms with Gasteiger partial charge in [-0.15, -0.1) is 0 Å². The fraction of sp³-hybridized carbons (Fsp3) is 0.129. The van der Waals surface area contributed by atoms with E-state index in [0.29, 0.717) is 51.9 Å². The molecule has 1 heterocycles. The molecule has 190 valence electrons. The summed E-state index contributed by atoms with van der Waals surface area (Å²) in [5, 5.41) is 4.71. The molecule has 1 N–H and O–H groups in total. The molecule has 38 heavy (non-hydrogen) atoms. The van der Waals surface area contributed by atoms with Gasteiger partial charge in [0, 0.05) is 29.4 Å². The number of rotatable bonds is 9. The van der Waals surface area contributed by atoms with Gasteiger partial charge in [-0.25, -0.2) is 4.98 Å². The van der Waals surface area contributed by atoms with Crippen LogP contribution in [0.5, 0.6) is 0 Å². The summed E-state index contributed by atoms with van der Waals surface area (Å²) in [7, 11) is 0. The summed E-state index contributed by atoms with van der Waals surface area (Å²) in [6.45, 7) is 0.927. The first kappa shape index (κ1) is 25.8. The van der Waals surface area contributed by atoms with Gasteiger partial charge in [-0.05, 0) is 53.4 Å². The van der Waals surface area contributed by atoms with Crippen molar-refractivity contribution in [1.82, 2.24) is 14.9 Å². The van der Waals surface area contributed by atoms with E-state index in [2.05, 4.69) is 17.4 Å². The van der Waals surface area contributed by atoms with E-state index in [9.17, 15) is 9.59 Å². The van der Waals surface area contributed by atoms with Gasteiger partial charge in [0.25, 0.3) is 11.5 Å². The van der Waals surface area contributed by atoms with Crippen LogP contribution < -0.4 is 10.9 Å². The maximum absolute atomic E-state index is 13.6. The zero-order chi connectivity index (χ0) is 26.3. The first-order valence-corrected chi connectivity index (χ1v) is 13.7. The number of amides is 1. The lowest BCUT2D eigenvalue weighted by Gasteiger charge is -2.14. The number of benzene rings is 4. The second-order valence-corrected chi connectivity index (χ2v) is 10.3. The van der Waals surface area contributed by atoms with E-state index in [4.69, 9.17) is 16.6 Å². The minimum absolute atomic E-state index is 0.115. The van der Waals surface area contributed by atoms with Crippen LogP contribution in [0, 0.1) is 0 Å². The van der Waals surface area contributed by atoms with Gasteiger partial charge >= 0.3 is 0 Å². The number of nitrogens with one attached hydrogen (secondary N) is 1. The molecule has 1 aromatic heterocycles. The van der Waals surface area contributed by atoms with Crippen LogP contribution in [0.2, 0.25) is 5.02 Å². The molecule has 0 aliphatic carbocycles. The van der Waals surface area contributed by atoms with Gasteiger partial charge in [-0.3, -0.25) is 14.2 Å². The average molecular weight is 540 g/mol. The Morgan fingerprint density at radius 3 is 2.29 bits per heavy atom. The van der Waals surface area contributed by atoms with Crippen molar-refractivity contribution in [2.45, 2.75) is 30.4 Å².